The molecule has 0 atom stereocenters. The van der Waals surface area contributed by atoms with E-state index in [1.807, 2.05) is 13.8 Å². The molecule has 0 aliphatic rings. The second-order valence-corrected chi connectivity index (χ2v) is 5.15. The molecule has 0 amide bonds. The zero-order valence-corrected chi connectivity index (χ0v) is 9.07. The van der Waals surface area contributed by atoms with Gasteiger partial charge in [-0.15, -0.1) is 0 Å². The van der Waals surface area contributed by atoms with Crippen LogP contribution in [0.2, 0.25) is 0 Å². The van der Waals surface area contributed by atoms with Crippen LogP contribution in [0, 0.1) is 0 Å². The Morgan fingerprint density at radius 2 is 1.58 bits per heavy atom. The van der Waals surface area contributed by atoms with Crippen molar-refractivity contribution in [1.82, 2.24) is 0 Å². The summed E-state index contributed by atoms with van der Waals surface area (Å²) in [4.78, 5) is 0. The van der Waals surface area contributed by atoms with Gasteiger partial charge >= 0.3 is 0 Å². The van der Waals surface area contributed by atoms with Crippen molar-refractivity contribution in [2.45, 2.75) is 45.3 Å². The zero-order valence-electron chi connectivity index (χ0n) is 8.25. The Balaban J connectivity index is 4.72. The zero-order chi connectivity index (χ0) is 9.83. The summed E-state index contributed by atoms with van der Waals surface area (Å²) in [5, 5.41) is 0. The maximum atomic E-state index is 11.5. The van der Waals surface area contributed by atoms with Crippen LogP contribution in [-0.4, -0.2) is 19.8 Å². The van der Waals surface area contributed by atoms with Crippen LogP contribution in [-0.2, 0) is 14.3 Å². The number of hydrogen-bond acceptors (Lipinski definition) is 3. The smallest absolute Gasteiger partial charge is 0.270 e. The first-order valence-corrected chi connectivity index (χ1v) is 5.73. The number of hydrogen-bond donors (Lipinski definition) is 0. The highest BCUT2D eigenvalue weighted by atomic mass is 32.2. The molecule has 0 aliphatic heterocycles. The van der Waals surface area contributed by atoms with Crippen LogP contribution in [0.25, 0.3) is 0 Å². The van der Waals surface area contributed by atoms with Crippen molar-refractivity contribution >= 4 is 10.1 Å². The van der Waals surface area contributed by atoms with E-state index in [4.69, 9.17) is 4.18 Å². The average molecular weight is 194 g/mol. The van der Waals surface area contributed by atoms with Crippen molar-refractivity contribution in [1.29, 1.82) is 0 Å². The third kappa shape index (κ3) is 2.20. The van der Waals surface area contributed by atoms with Crippen molar-refractivity contribution in [2.75, 3.05) is 6.61 Å². The number of rotatable bonds is 5. The van der Waals surface area contributed by atoms with Gasteiger partial charge in [0, 0.05) is 0 Å². The van der Waals surface area contributed by atoms with Gasteiger partial charge in [-0.3, -0.25) is 4.18 Å². The third-order valence-corrected chi connectivity index (χ3v) is 4.70. The van der Waals surface area contributed by atoms with Gasteiger partial charge in [-0.2, -0.15) is 8.42 Å². The topological polar surface area (TPSA) is 43.4 Å². The molecule has 0 radical (unpaired) electrons. The summed E-state index contributed by atoms with van der Waals surface area (Å²) in [7, 11) is -3.37. The lowest BCUT2D eigenvalue weighted by molar-refractivity contribution is 0.311. The van der Waals surface area contributed by atoms with Gasteiger partial charge in [-0.05, 0) is 26.7 Å². The van der Waals surface area contributed by atoms with Crippen LogP contribution < -0.4 is 0 Å². The van der Waals surface area contributed by atoms with E-state index in [0.29, 0.717) is 12.8 Å². The predicted molar refractivity (Wildman–Crippen MR) is 49.5 cm³/mol. The van der Waals surface area contributed by atoms with E-state index >= 15 is 0 Å². The van der Waals surface area contributed by atoms with Crippen molar-refractivity contribution < 1.29 is 12.6 Å². The summed E-state index contributed by atoms with van der Waals surface area (Å²) < 4.78 is 27.0. The summed E-state index contributed by atoms with van der Waals surface area (Å²) in [5.41, 5.74) is 0. The minimum absolute atomic E-state index is 0.220. The minimum atomic E-state index is -3.37. The maximum absolute atomic E-state index is 11.5. The van der Waals surface area contributed by atoms with Crippen LogP contribution in [0.5, 0.6) is 0 Å². The van der Waals surface area contributed by atoms with Crippen LogP contribution in [0.4, 0.5) is 0 Å². The molecule has 0 rings (SSSR count). The quantitative estimate of drug-likeness (QED) is 0.628. The van der Waals surface area contributed by atoms with Gasteiger partial charge in [0.25, 0.3) is 10.1 Å². The predicted octanol–water partition coefficient (Wildman–Crippen LogP) is 1.93. The van der Waals surface area contributed by atoms with Crippen LogP contribution >= 0.6 is 0 Å². The van der Waals surface area contributed by atoms with Crippen LogP contribution in [0.15, 0.2) is 0 Å². The molecule has 0 N–H and O–H groups in total. The Labute approximate surface area is 75.2 Å². The molecule has 0 aromatic rings. The SMILES string of the molecule is CCOS(=O)(=O)C(C)(CC)CC. The van der Waals surface area contributed by atoms with Gasteiger partial charge in [0.05, 0.1) is 11.4 Å². The molecule has 3 nitrogen and oxygen atoms in total. The van der Waals surface area contributed by atoms with Crippen LogP contribution in [0.1, 0.15) is 40.5 Å². The highest BCUT2D eigenvalue weighted by molar-refractivity contribution is 7.88. The first-order valence-electron chi connectivity index (χ1n) is 4.32. The van der Waals surface area contributed by atoms with E-state index in [1.54, 1.807) is 13.8 Å². The monoisotopic (exact) mass is 194 g/mol. The van der Waals surface area contributed by atoms with Gasteiger partial charge < -0.3 is 0 Å². The molecule has 0 saturated carbocycles. The van der Waals surface area contributed by atoms with Gasteiger partial charge in [0.1, 0.15) is 0 Å². The maximum Gasteiger partial charge on any atom is 0.272 e. The third-order valence-electron chi connectivity index (χ3n) is 2.37. The fourth-order valence-electron chi connectivity index (χ4n) is 0.901. The lowest BCUT2D eigenvalue weighted by atomic mass is 10.1. The van der Waals surface area contributed by atoms with Crippen molar-refractivity contribution in [2.24, 2.45) is 0 Å². The molecular weight excluding hydrogens is 176 g/mol. The standard InChI is InChI=1S/C8H18O3S/c1-5-8(4,6-2)12(9,10)11-7-3/h5-7H2,1-4H3. The first kappa shape index (κ1) is 11.9. The average Bonchev–Trinajstić information content (AvgIpc) is 2.02. The lowest BCUT2D eigenvalue weighted by Gasteiger charge is -2.25. The van der Waals surface area contributed by atoms with E-state index in [1.165, 1.54) is 0 Å². The normalized spacial score (nSPS) is 13.3. The lowest BCUT2D eigenvalue weighted by Crippen LogP contribution is -2.35. The van der Waals surface area contributed by atoms with E-state index in [2.05, 4.69) is 0 Å². The molecule has 74 valence electrons. The van der Waals surface area contributed by atoms with Gasteiger partial charge in [-0.25, -0.2) is 0 Å². The summed E-state index contributed by atoms with van der Waals surface area (Å²) in [5.74, 6) is 0. The molecule has 0 unspecified atom stereocenters. The highest BCUT2D eigenvalue weighted by Crippen LogP contribution is 2.26. The summed E-state index contributed by atoms with van der Waals surface area (Å²) >= 11 is 0. The molecular formula is C8H18O3S. The van der Waals surface area contributed by atoms with E-state index in [9.17, 15) is 8.42 Å². The Bertz CT molecular complexity index is 214. The molecule has 0 heterocycles. The van der Waals surface area contributed by atoms with Crippen molar-refractivity contribution in [3.05, 3.63) is 0 Å². The summed E-state index contributed by atoms with van der Waals surface area (Å²) in [6.07, 6.45) is 1.18. The molecule has 12 heavy (non-hydrogen) atoms. The van der Waals surface area contributed by atoms with Crippen molar-refractivity contribution in [3.8, 4) is 0 Å². The van der Waals surface area contributed by atoms with E-state index < -0.39 is 14.9 Å². The van der Waals surface area contributed by atoms with E-state index in [-0.39, 0.29) is 6.61 Å². The fraction of sp³-hybridized carbons (Fsp3) is 1.00. The van der Waals surface area contributed by atoms with E-state index in [0.717, 1.165) is 0 Å². The van der Waals surface area contributed by atoms with Crippen molar-refractivity contribution in [3.63, 3.8) is 0 Å². The molecule has 0 bridgehead atoms. The molecule has 0 aliphatic carbocycles. The largest absolute Gasteiger partial charge is 0.272 e. The van der Waals surface area contributed by atoms with Gasteiger partial charge in [0.15, 0.2) is 0 Å². The fourth-order valence-corrected chi connectivity index (χ4v) is 2.20. The van der Waals surface area contributed by atoms with Gasteiger partial charge in [-0.1, -0.05) is 13.8 Å². The van der Waals surface area contributed by atoms with Gasteiger partial charge in [0.2, 0.25) is 0 Å². The second-order valence-electron chi connectivity index (χ2n) is 3.02. The summed E-state index contributed by atoms with van der Waals surface area (Å²) in [6.45, 7) is 7.35. The molecule has 0 aromatic heterocycles. The minimum Gasteiger partial charge on any atom is -0.270 e. The van der Waals surface area contributed by atoms with Crippen LogP contribution in [0.3, 0.4) is 0 Å². The molecule has 0 saturated heterocycles. The molecule has 4 heteroatoms. The molecule has 0 aromatic carbocycles. The highest BCUT2D eigenvalue weighted by Gasteiger charge is 2.36. The molecule has 0 spiro atoms. The Kier molecular flexibility index (Phi) is 4.20. The Morgan fingerprint density at radius 3 is 1.83 bits per heavy atom. The first-order chi connectivity index (χ1) is 5.43. The summed E-state index contributed by atoms with van der Waals surface area (Å²) in [6, 6.07) is 0. The Morgan fingerprint density at radius 1 is 1.17 bits per heavy atom. The molecule has 0 fully saturated rings. The Hall–Kier alpha value is -0.0900. The second kappa shape index (κ2) is 4.23.